The van der Waals surface area contributed by atoms with Crippen molar-refractivity contribution in [1.29, 1.82) is 0 Å². The molecule has 0 saturated carbocycles. The second-order valence-corrected chi connectivity index (χ2v) is 11.9. The van der Waals surface area contributed by atoms with Crippen molar-refractivity contribution in [2.45, 2.75) is 51.5 Å². The van der Waals surface area contributed by atoms with Gasteiger partial charge in [0.25, 0.3) is 0 Å². The molecule has 0 spiro atoms. The molecule has 106 valence electrons. The maximum Gasteiger partial charge on any atom is 0.192 e. The van der Waals surface area contributed by atoms with Crippen LogP contribution in [-0.4, -0.2) is 32.4 Å². The molecular weight excluding hydrogens is 250 g/mol. The van der Waals surface area contributed by atoms with Crippen LogP contribution >= 0.6 is 0 Å². The third-order valence-electron chi connectivity index (χ3n) is 4.50. The maximum atomic E-state index is 6.28. The zero-order valence-corrected chi connectivity index (χ0v) is 13.9. The van der Waals surface area contributed by atoms with Crippen molar-refractivity contribution in [2.75, 3.05) is 13.2 Å². The molecule has 1 aliphatic rings. The summed E-state index contributed by atoms with van der Waals surface area (Å²) in [5, 5.41) is 0.312. The van der Waals surface area contributed by atoms with Gasteiger partial charge in [-0.2, -0.15) is 0 Å². The summed E-state index contributed by atoms with van der Waals surface area (Å²) in [7, 11) is -1.58. The Morgan fingerprint density at radius 3 is 2.42 bits per heavy atom. The van der Waals surface area contributed by atoms with Gasteiger partial charge in [0.2, 0.25) is 0 Å². The Morgan fingerprint density at radius 2 is 1.84 bits per heavy atom. The second-order valence-electron chi connectivity index (χ2n) is 7.14. The molecule has 0 amide bonds. The Morgan fingerprint density at radius 1 is 1.21 bits per heavy atom. The SMILES string of the molecule is CC(C)(C)[Si](C)(C)OC[C@H]1CN1Cc1ccccc1. The highest BCUT2D eigenvalue weighted by Gasteiger charge is 2.40. The number of rotatable bonds is 5. The first-order valence-corrected chi connectivity index (χ1v) is 10.1. The average molecular weight is 277 g/mol. The molecular formula is C16H27NOSi. The molecule has 0 N–H and O–H groups in total. The first-order valence-electron chi connectivity index (χ1n) is 7.21. The number of hydrogen-bond donors (Lipinski definition) is 0. The van der Waals surface area contributed by atoms with E-state index < -0.39 is 8.32 Å². The summed E-state index contributed by atoms with van der Waals surface area (Å²) in [4.78, 5) is 2.49. The first-order chi connectivity index (χ1) is 8.79. The fourth-order valence-electron chi connectivity index (χ4n) is 1.91. The van der Waals surface area contributed by atoms with Crippen LogP contribution in [0.25, 0.3) is 0 Å². The summed E-state index contributed by atoms with van der Waals surface area (Å²) >= 11 is 0. The lowest BCUT2D eigenvalue weighted by Gasteiger charge is -2.36. The van der Waals surface area contributed by atoms with Crippen LogP contribution in [0.15, 0.2) is 30.3 Å². The quantitative estimate of drug-likeness (QED) is 0.598. The molecule has 0 bridgehead atoms. The van der Waals surface area contributed by atoms with E-state index in [0.29, 0.717) is 11.1 Å². The summed E-state index contributed by atoms with van der Waals surface area (Å²) < 4.78 is 6.28. The summed E-state index contributed by atoms with van der Waals surface area (Å²) in [6, 6.07) is 11.3. The Hall–Kier alpha value is -0.643. The minimum atomic E-state index is -1.58. The summed E-state index contributed by atoms with van der Waals surface area (Å²) in [6.45, 7) is 14.7. The molecule has 2 nitrogen and oxygen atoms in total. The van der Waals surface area contributed by atoms with Gasteiger partial charge in [-0.15, -0.1) is 0 Å². The van der Waals surface area contributed by atoms with E-state index in [1.165, 1.54) is 12.1 Å². The van der Waals surface area contributed by atoms with Crippen LogP contribution in [0, 0.1) is 0 Å². The van der Waals surface area contributed by atoms with Gasteiger partial charge in [0, 0.05) is 19.1 Å². The molecule has 0 aromatic heterocycles. The largest absolute Gasteiger partial charge is 0.415 e. The number of benzene rings is 1. The summed E-state index contributed by atoms with van der Waals surface area (Å²) in [6.07, 6.45) is 0. The average Bonchev–Trinajstić information content (AvgIpc) is 3.05. The highest BCUT2D eigenvalue weighted by atomic mass is 28.4. The third kappa shape index (κ3) is 3.91. The van der Waals surface area contributed by atoms with Gasteiger partial charge in [-0.3, -0.25) is 4.90 Å². The van der Waals surface area contributed by atoms with Gasteiger partial charge >= 0.3 is 0 Å². The van der Waals surface area contributed by atoms with E-state index in [1.807, 2.05) is 0 Å². The monoisotopic (exact) mass is 277 g/mol. The van der Waals surface area contributed by atoms with Gasteiger partial charge in [0.15, 0.2) is 8.32 Å². The van der Waals surface area contributed by atoms with Crippen molar-refractivity contribution in [3.8, 4) is 0 Å². The summed E-state index contributed by atoms with van der Waals surface area (Å²) in [5.74, 6) is 0. The van der Waals surface area contributed by atoms with Crippen molar-refractivity contribution in [2.24, 2.45) is 0 Å². The van der Waals surface area contributed by atoms with Gasteiger partial charge in [-0.25, -0.2) is 0 Å². The van der Waals surface area contributed by atoms with Crippen molar-refractivity contribution in [3.63, 3.8) is 0 Å². The number of nitrogens with zero attached hydrogens (tertiary/aromatic N) is 1. The molecule has 0 radical (unpaired) electrons. The number of hydrogen-bond acceptors (Lipinski definition) is 2. The molecule has 1 aromatic carbocycles. The zero-order chi connectivity index (χ0) is 14.1. The Balaban J connectivity index is 1.76. The molecule has 1 aliphatic heterocycles. The molecule has 3 heteroatoms. The van der Waals surface area contributed by atoms with Crippen LogP contribution in [0.3, 0.4) is 0 Å². The Labute approximate surface area is 118 Å². The predicted octanol–water partition coefficient (Wildman–Crippen LogP) is 3.89. The normalized spacial score (nSPS) is 23.4. The van der Waals surface area contributed by atoms with Crippen LogP contribution in [0.5, 0.6) is 0 Å². The van der Waals surface area contributed by atoms with Gasteiger partial charge in [-0.1, -0.05) is 51.1 Å². The van der Waals surface area contributed by atoms with Crippen LogP contribution in [0.2, 0.25) is 18.1 Å². The molecule has 2 atom stereocenters. The second kappa shape index (κ2) is 5.39. The molecule has 1 saturated heterocycles. The molecule has 0 aliphatic carbocycles. The third-order valence-corrected chi connectivity index (χ3v) is 9.00. The smallest absolute Gasteiger partial charge is 0.192 e. The zero-order valence-electron chi connectivity index (χ0n) is 12.9. The maximum absolute atomic E-state index is 6.28. The fraction of sp³-hybridized carbons (Fsp3) is 0.625. The summed E-state index contributed by atoms with van der Waals surface area (Å²) in [5.41, 5.74) is 1.40. The molecule has 19 heavy (non-hydrogen) atoms. The predicted molar refractivity (Wildman–Crippen MR) is 83.8 cm³/mol. The van der Waals surface area contributed by atoms with E-state index in [4.69, 9.17) is 4.43 Å². The van der Waals surface area contributed by atoms with Crippen molar-refractivity contribution < 1.29 is 4.43 Å². The Bertz CT molecular complexity index is 411. The molecule has 1 fully saturated rings. The topological polar surface area (TPSA) is 12.2 Å². The van der Waals surface area contributed by atoms with Crippen molar-refractivity contribution in [3.05, 3.63) is 35.9 Å². The minimum Gasteiger partial charge on any atom is -0.415 e. The molecule has 1 unspecified atom stereocenters. The first kappa shape index (κ1) is 14.8. The van der Waals surface area contributed by atoms with Crippen LogP contribution in [0.1, 0.15) is 26.3 Å². The van der Waals surface area contributed by atoms with Crippen LogP contribution in [-0.2, 0) is 11.0 Å². The molecule has 1 heterocycles. The Kier molecular flexibility index (Phi) is 4.19. The van der Waals surface area contributed by atoms with E-state index in [9.17, 15) is 0 Å². The van der Waals surface area contributed by atoms with Gasteiger partial charge in [-0.05, 0) is 23.7 Å². The van der Waals surface area contributed by atoms with E-state index >= 15 is 0 Å². The lowest BCUT2D eigenvalue weighted by molar-refractivity contribution is 0.268. The van der Waals surface area contributed by atoms with Crippen molar-refractivity contribution >= 4 is 8.32 Å². The van der Waals surface area contributed by atoms with E-state index in [0.717, 1.165) is 13.2 Å². The van der Waals surface area contributed by atoms with Gasteiger partial charge < -0.3 is 4.43 Å². The van der Waals surface area contributed by atoms with Gasteiger partial charge in [0.05, 0.1) is 6.61 Å². The van der Waals surface area contributed by atoms with E-state index in [2.05, 4.69) is 69.1 Å². The minimum absolute atomic E-state index is 0.312. The lowest BCUT2D eigenvalue weighted by Crippen LogP contribution is -2.41. The van der Waals surface area contributed by atoms with E-state index in [-0.39, 0.29) is 0 Å². The van der Waals surface area contributed by atoms with Crippen LogP contribution < -0.4 is 0 Å². The van der Waals surface area contributed by atoms with Crippen LogP contribution in [0.4, 0.5) is 0 Å². The fourth-order valence-corrected chi connectivity index (χ4v) is 2.96. The van der Waals surface area contributed by atoms with Gasteiger partial charge in [0.1, 0.15) is 0 Å². The standard InChI is InChI=1S/C16H27NOSi/c1-16(2,3)19(4,5)18-13-15-12-17(15)11-14-9-7-6-8-10-14/h6-10,15H,11-13H2,1-5H3/t15-,17?/m1/s1. The van der Waals surface area contributed by atoms with E-state index in [1.54, 1.807) is 0 Å². The molecule has 2 rings (SSSR count). The highest BCUT2D eigenvalue weighted by molar-refractivity contribution is 6.74. The van der Waals surface area contributed by atoms with Crippen molar-refractivity contribution in [1.82, 2.24) is 4.90 Å². The lowest BCUT2D eigenvalue weighted by atomic mass is 10.2. The molecule has 1 aromatic rings. The highest BCUT2D eigenvalue weighted by Crippen LogP contribution is 2.37.